The van der Waals surface area contributed by atoms with Gasteiger partial charge in [-0.2, -0.15) is 0 Å². The minimum Gasteiger partial charge on any atom is -0.451 e. The number of rotatable bonds is 4. The summed E-state index contributed by atoms with van der Waals surface area (Å²) in [6.07, 6.45) is -4.81. The summed E-state index contributed by atoms with van der Waals surface area (Å²) >= 11 is 0. The number of benzene rings is 2. The van der Waals surface area contributed by atoms with Gasteiger partial charge in [0.25, 0.3) is 5.91 Å². The van der Waals surface area contributed by atoms with Crippen molar-refractivity contribution in [2.75, 3.05) is 13.1 Å². The number of carbonyl (C=O) groups is 1. The molecule has 0 aliphatic carbocycles. The topological polar surface area (TPSA) is 45.9 Å². The molecule has 1 saturated heterocycles. The molecule has 1 aliphatic heterocycles. The van der Waals surface area contributed by atoms with Crippen molar-refractivity contribution in [1.29, 1.82) is 0 Å². The number of alkyl halides is 3. The molecular formula is C23H22F4N2O3. The lowest BCUT2D eigenvalue weighted by Gasteiger charge is -2.43. The van der Waals surface area contributed by atoms with Gasteiger partial charge in [-0.05, 0) is 49.7 Å². The molecule has 0 saturated carbocycles. The summed E-state index contributed by atoms with van der Waals surface area (Å²) in [5, 5.41) is 0.513. The van der Waals surface area contributed by atoms with Crippen molar-refractivity contribution in [2.45, 2.75) is 38.8 Å². The summed E-state index contributed by atoms with van der Waals surface area (Å²) in [5.74, 6) is -0.946. The molecule has 2 heterocycles. The highest BCUT2D eigenvalue weighted by atomic mass is 19.4. The molecule has 2 atom stereocenters. The zero-order chi connectivity index (χ0) is 23.0. The van der Waals surface area contributed by atoms with E-state index in [0.717, 1.165) is 11.6 Å². The van der Waals surface area contributed by atoms with E-state index in [4.69, 9.17) is 4.42 Å². The fourth-order valence-electron chi connectivity index (χ4n) is 3.98. The van der Waals surface area contributed by atoms with Crippen molar-refractivity contribution in [3.63, 3.8) is 0 Å². The Morgan fingerprint density at radius 3 is 2.47 bits per heavy atom. The Morgan fingerprint density at radius 1 is 1.06 bits per heavy atom. The summed E-state index contributed by atoms with van der Waals surface area (Å²) in [7, 11) is 0. The highest BCUT2D eigenvalue weighted by Gasteiger charge is 2.34. The van der Waals surface area contributed by atoms with Crippen LogP contribution in [0.1, 0.15) is 30.0 Å². The van der Waals surface area contributed by atoms with Crippen LogP contribution >= 0.6 is 0 Å². The van der Waals surface area contributed by atoms with Gasteiger partial charge in [0, 0.05) is 43.2 Å². The van der Waals surface area contributed by atoms with Crippen molar-refractivity contribution in [3.8, 4) is 5.75 Å². The molecule has 0 spiro atoms. The number of piperazine rings is 1. The molecule has 0 N–H and O–H groups in total. The van der Waals surface area contributed by atoms with E-state index in [1.54, 1.807) is 17.0 Å². The number of furan rings is 1. The molecule has 1 aliphatic rings. The second-order valence-electron chi connectivity index (χ2n) is 8.07. The molecule has 1 amide bonds. The molecule has 32 heavy (non-hydrogen) atoms. The van der Waals surface area contributed by atoms with Gasteiger partial charge in [0.2, 0.25) is 0 Å². The van der Waals surface area contributed by atoms with Crippen LogP contribution < -0.4 is 4.74 Å². The minimum atomic E-state index is -4.81. The van der Waals surface area contributed by atoms with E-state index in [9.17, 15) is 22.4 Å². The third-order valence-corrected chi connectivity index (χ3v) is 5.61. The number of carbonyl (C=O) groups excluding carboxylic acids is 1. The lowest BCUT2D eigenvalue weighted by atomic mass is 10.1. The monoisotopic (exact) mass is 450 g/mol. The number of hydrogen-bond donors (Lipinski definition) is 0. The lowest BCUT2D eigenvalue weighted by Crippen LogP contribution is -2.57. The van der Waals surface area contributed by atoms with Crippen LogP contribution in [-0.2, 0) is 6.54 Å². The molecule has 1 fully saturated rings. The Labute approximate surface area is 182 Å². The highest BCUT2D eigenvalue weighted by molar-refractivity contribution is 5.96. The molecule has 0 bridgehead atoms. The van der Waals surface area contributed by atoms with E-state index in [1.807, 2.05) is 13.8 Å². The summed E-state index contributed by atoms with van der Waals surface area (Å²) in [6.45, 7) is 5.66. The predicted molar refractivity (Wildman–Crippen MR) is 110 cm³/mol. The summed E-state index contributed by atoms with van der Waals surface area (Å²) in [6, 6.07) is 11.5. The number of amides is 1. The van der Waals surface area contributed by atoms with Crippen LogP contribution in [0.5, 0.6) is 5.75 Å². The SMILES string of the molecule is C[C@@H]1CN(C(=O)c2cc3ccc(OC(F)(F)F)cc3o2)[C@@H](C)CN1Cc1ccc(F)cc1. The largest absolute Gasteiger partial charge is 0.573 e. The highest BCUT2D eigenvalue weighted by Crippen LogP contribution is 2.29. The molecule has 4 rings (SSSR count). The third kappa shape index (κ3) is 4.88. The fourth-order valence-corrected chi connectivity index (χ4v) is 3.98. The first kappa shape index (κ1) is 22.1. The predicted octanol–water partition coefficient (Wildman–Crippen LogP) is 5.21. The van der Waals surface area contributed by atoms with E-state index in [0.29, 0.717) is 25.0 Å². The van der Waals surface area contributed by atoms with E-state index < -0.39 is 12.1 Å². The van der Waals surface area contributed by atoms with Crippen molar-refractivity contribution in [2.24, 2.45) is 0 Å². The van der Waals surface area contributed by atoms with Gasteiger partial charge in [0.05, 0.1) is 0 Å². The quantitative estimate of drug-likeness (QED) is 0.513. The molecule has 1 aromatic heterocycles. The van der Waals surface area contributed by atoms with E-state index in [1.165, 1.54) is 30.3 Å². The minimum absolute atomic E-state index is 0.0522. The van der Waals surface area contributed by atoms with Gasteiger partial charge in [-0.15, -0.1) is 13.2 Å². The Morgan fingerprint density at radius 2 is 1.78 bits per heavy atom. The second-order valence-corrected chi connectivity index (χ2v) is 8.07. The van der Waals surface area contributed by atoms with Gasteiger partial charge in [0.15, 0.2) is 5.76 Å². The summed E-state index contributed by atoms with van der Waals surface area (Å²) in [5.41, 5.74) is 1.13. The number of ether oxygens (including phenoxy) is 1. The van der Waals surface area contributed by atoms with Gasteiger partial charge in [0.1, 0.15) is 17.1 Å². The van der Waals surface area contributed by atoms with Gasteiger partial charge in [-0.25, -0.2) is 4.39 Å². The van der Waals surface area contributed by atoms with E-state index in [-0.39, 0.29) is 35.2 Å². The first-order valence-electron chi connectivity index (χ1n) is 10.2. The first-order chi connectivity index (χ1) is 15.1. The Hall–Kier alpha value is -3.07. The van der Waals surface area contributed by atoms with Crippen LogP contribution in [0, 0.1) is 5.82 Å². The van der Waals surface area contributed by atoms with Crippen LogP contribution in [0.15, 0.2) is 52.9 Å². The Kier molecular flexibility index (Phi) is 5.85. The maximum Gasteiger partial charge on any atom is 0.573 e. The van der Waals surface area contributed by atoms with Crippen LogP contribution in [0.4, 0.5) is 17.6 Å². The molecule has 0 radical (unpaired) electrons. The standard InChI is InChI=1S/C23H22F4N2O3/c1-14-12-29(15(2)11-28(14)13-16-3-6-18(24)7-4-16)22(30)21-9-17-5-8-19(10-20(17)31-21)32-23(25,26)27/h3-10,14-15H,11-13H2,1-2H3/t14-,15+/m1/s1. The molecule has 5 nitrogen and oxygen atoms in total. The lowest BCUT2D eigenvalue weighted by molar-refractivity contribution is -0.274. The zero-order valence-electron chi connectivity index (χ0n) is 17.5. The maximum absolute atomic E-state index is 13.2. The summed E-state index contributed by atoms with van der Waals surface area (Å²) in [4.78, 5) is 17.0. The maximum atomic E-state index is 13.2. The number of hydrogen-bond acceptors (Lipinski definition) is 4. The number of nitrogens with zero attached hydrogens (tertiary/aromatic N) is 2. The van der Waals surface area contributed by atoms with Crippen molar-refractivity contribution >= 4 is 16.9 Å². The zero-order valence-corrected chi connectivity index (χ0v) is 17.5. The van der Waals surface area contributed by atoms with Crippen molar-refractivity contribution < 1.29 is 31.5 Å². The molecular weight excluding hydrogens is 428 g/mol. The van der Waals surface area contributed by atoms with Crippen LogP contribution in [0.2, 0.25) is 0 Å². The van der Waals surface area contributed by atoms with Gasteiger partial charge < -0.3 is 14.1 Å². The van der Waals surface area contributed by atoms with Gasteiger partial charge >= 0.3 is 6.36 Å². The van der Waals surface area contributed by atoms with Crippen LogP contribution in [0.25, 0.3) is 11.0 Å². The van der Waals surface area contributed by atoms with Crippen LogP contribution in [-0.4, -0.2) is 47.2 Å². The smallest absolute Gasteiger partial charge is 0.451 e. The average Bonchev–Trinajstić information content (AvgIpc) is 3.14. The third-order valence-electron chi connectivity index (χ3n) is 5.61. The molecule has 3 aromatic rings. The van der Waals surface area contributed by atoms with E-state index in [2.05, 4.69) is 9.64 Å². The van der Waals surface area contributed by atoms with Crippen molar-refractivity contribution in [1.82, 2.24) is 9.80 Å². The first-order valence-corrected chi connectivity index (χ1v) is 10.2. The van der Waals surface area contributed by atoms with Gasteiger partial charge in [-0.3, -0.25) is 9.69 Å². The Balaban J connectivity index is 1.47. The average molecular weight is 450 g/mol. The van der Waals surface area contributed by atoms with Crippen molar-refractivity contribution in [3.05, 3.63) is 65.7 Å². The molecule has 0 unspecified atom stereocenters. The van der Waals surface area contributed by atoms with Gasteiger partial charge in [-0.1, -0.05) is 12.1 Å². The molecule has 2 aromatic carbocycles. The normalized spacial score (nSPS) is 20.0. The van der Waals surface area contributed by atoms with E-state index >= 15 is 0 Å². The summed E-state index contributed by atoms with van der Waals surface area (Å²) < 4.78 is 60.0. The fraction of sp³-hybridized carbons (Fsp3) is 0.348. The molecule has 170 valence electrons. The number of halogens is 4. The second kappa shape index (κ2) is 8.46. The molecule has 9 heteroatoms. The Bertz CT molecular complexity index is 1110. The number of fused-ring (bicyclic) bond motifs is 1. The van der Waals surface area contributed by atoms with Crippen LogP contribution in [0.3, 0.4) is 0 Å².